The van der Waals surface area contributed by atoms with Gasteiger partial charge in [0.15, 0.2) is 0 Å². The third kappa shape index (κ3) is 3.83. The van der Waals surface area contributed by atoms with Crippen molar-refractivity contribution in [2.24, 2.45) is 0 Å². The maximum atomic E-state index is 12.5. The fraction of sp³-hybridized carbons (Fsp3) is 0.0833. The number of anilines is 1. The second-order valence-corrected chi connectivity index (χ2v) is 8.34. The minimum Gasteiger partial charge on any atom is -0.325 e. The van der Waals surface area contributed by atoms with E-state index < -0.39 is 0 Å². The average molecular weight is 427 g/mol. The van der Waals surface area contributed by atoms with E-state index in [2.05, 4.69) is 29.4 Å². The topological polar surface area (TPSA) is 76.9 Å². The van der Waals surface area contributed by atoms with E-state index in [0.717, 1.165) is 20.8 Å². The van der Waals surface area contributed by atoms with Crippen LogP contribution in [0.3, 0.4) is 0 Å². The van der Waals surface area contributed by atoms with Gasteiger partial charge in [-0.15, -0.1) is 11.3 Å². The molecule has 0 radical (unpaired) electrons. The first-order valence-corrected chi connectivity index (χ1v) is 10.6. The molecule has 31 heavy (non-hydrogen) atoms. The van der Waals surface area contributed by atoms with Crippen LogP contribution in [0.5, 0.6) is 0 Å². The summed E-state index contributed by atoms with van der Waals surface area (Å²) in [5.41, 5.74) is 4.23. The molecule has 0 unspecified atom stereocenters. The number of para-hydroxylation sites is 1. The quantitative estimate of drug-likeness (QED) is 0.455. The molecule has 6 nitrogen and oxygen atoms in total. The molecule has 0 aliphatic carbocycles. The summed E-state index contributed by atoms with van der Waals surface area (Å²) in [7, 11) is 0. The van der Waals surface area contributed by atoms with E-state index in [9.17, 15) is 9.59 Å². The number of fused-ring (bicyclic) bond motifs is 2. The maximum Gasteiger partial charge on any atom is 0.261 e. The lowest BCUT2D eigenvalue weighted by atomic mass is 10.2. The monoisotopic (exact) mass is 426 g/mol. The maximum absolute atomic E-state index is 12.5. The highest BCUT2D eigenvalue weighted by Gasteiger charge is 2.10. The van der Waals surface area contributed by atoms with Crippen molar-refractivity contribution in [1.82, 2.24) is 14.5 Å². The molecule has 1 N–H and O–H groups in total. The van der Waals surface area contributed by atoms with Gasteiger partial charge in [-0.2, -0.15) is 0 Å². The van der Waals surface area contributed by atoms with Gasteiger partial charge in [0, 0.05) is 11.3 Å². The molecule has 7 heteroatoms. The third-order valence-electron chi connectivity index (χ3n) is 5.01. The minimum absolute atomic E-state index is 0.102. The van der Waals surface area contributed by atoms with Crippen LogP contribution in [-0.4, -0.2) is 20.4 Å². The smallest absolute Gasteiger partial charge is 0.261 e. The molecule has 2 heterocycles. The predicted octanol–water partition coefficient (Wildman–Crippen LogP) is 4.62. The van der Waals surface area contributed by atoms with Crippen molar-refractivity contribution in [2.75, 3.05) is 5.32 Å². The zero-order valence-electron chi connectivity index (χ0n) is 16.7. The van der Waals surface area contributed by atoms with Crippen LogP contribution >= 0.6 is 11.3 Å². The summed E-state index contributed by atoms with van der Waals surface area (Å²) in [4.78, 5) is 34.0. The van der Waals surface area contributed by atoms with Gasteiger partial charge in [-0.3, -0.25) is 14.2 Å². The van der Waals surface area contributed by atoms with Crippen LogP contribution in [0.2, 0.25) is 0 Å². The van der Waals surface area contributed by atoms with Gasteiger partial charge in [0.05, 0.1) is 27.4 Å². The van der Waals surface area contributed by atoms with Gasteiger partial charge in [0.2, 0.25) is 5.91 Å². The molecule has 0 spiro atoms. The molecule has 5 rings (SSSR count). The molecular weight excluding hydrogens is 408 g/mol. The van der Waals surface area contributed by atoms with E-state index in [4.69, 9.17) is 4.98 Å². The molecule has 0 bridgehead atoms. The zero-order valence-corrected chi connectivity index (χ0v) is 17.5. The molecule has 0 aliphatic rings. The van der Waals surface area contributed by atoms with Crippen molar-refractivity contribution in [1.29, 1.82) is 0 Å². The SMILES string of the molecule is Cc1ccc2nc(-c3ccc(NC(=O)Cn4cnc5ccccc5c4=O)cc3)sc2c1. The van der Waals surface area contributed by atoms with E-state index in [1.165, 1.54) is 16.5 Å². The van der Waals surface area contributed by atoms with Gasteiger partial charge in [-0.05, 0) is 61.0 Å². The van der Waals surface area contributed by atoms with Crippen LogP contribution in [0.25, 0.3) is 31.7 Å². The zero-order chi connectivity index (χ0) is 21.4. The number of carbonyl (C=O) groups is 1. The standard InChI is InChI=1S/C24H18N4O2S/c1-15-6-11-20-21(12-15)31-23(27-20)16-7-9-17(10-8-16)26-22(29)13-28-14-25-19-5-3-2-4-18(19)24(28)30/h2-12,14H,13H2,1H3,(H,26,29). The Morgan fingerprint density at radius 1 is 1.03 bits per heavy atom. The lowest BCUT2D eigenvalue weighted by Crippen LogP contribution is -2.27. The van der Waals surface area contributed by atoms with Crippen LogP contribution in [0.15, 0.2) is 77.9 Å². The largest absolute Gasteiger partial charge is 0.325 e. The second kappa shape index (κ2) is 7.77. The summed E-state index contributed by atoms with van der Waals surface area (Å²) < 4.78 is 2.47. The summed E-state index contributed by atoms with van der Waals surface area (Å²) in [6, 6.07) is 20.9. The molecule has 2 aromatic heterocycles. The number of carbonyl (C=O) groups excluding carboxylic acids is 1. The van der Waals surface area contributed by atoms with E-state index in [0.29, 0.717) is 16.6 Å². The second-order valence-electron chi connectivity index (χ2n) is 7.31. The molecule has 1 amide bonds. The number of amides is 1. The minimum atomic E-state index is -0.289. The van der Waals surface area contributed by atoms with E-state index in [1.807, 2.05) is 36.4 Å². The number of hydrogen-bond donors (Lipinski definition) is 1. The Hall–Kier alpha value is -3.84. The lowest BCUT2D eigenvalue weighted by Gasteiger charge is -2.08. The van der Waals surface area contributed by atoms with Crippen molar-refractivity contribution in [3.8, 4) is 10.6 Å². The summed E-state index contributed by atoms with van der Waals surface area (Å²) in [5, 5.41) is 4.27. The molecule has 0 fully saturated rings. The van der Waals surface area contributed by atoms with Gasteiger partial charge < -0.3 is 5.32 Å². The van der Waals surface area contributed by atoms with E-state index >= 15 is 0 Å². The third-order valence-corrected chi connectivity index (χ3v) is 6.07. The number of hydrogen-bond acceptors (Lipinski definition) is 5. The van der Waals surface area contributed by atoms with Crippen LogP contribution in [0, 0.1) is 6.92 Å². The van der Waals surface area contributed by atoms with Gasteiger partial charge >= 0.3 is 0 Å². The Kier molecular flexibility index (Phi) is 4.80. The van der Waals surface area contributed by atoms with Crippen LogP contribution in [0.1, 0.15) is 5.56 Å². The lowest BCUT2D eigenvalue weighted by molar-refractivity contribution is -0.116. The number of aromatic nitrogens is 3. The highest BCUT2D eigenvalue weighted by atomic mass is 32.1. The summed E-state index contributed by atoms with van der Waals surface area (Å²) in [6.07, 6.45) is 1.40. The van der Waals surface area contributed by atoms with E-state index in [-0.39, 0.29) is 18.0 Å². The first kappa shape index (κ1) is 19.1. The van der Waals surface area contributed by atoms with Gasteiger partial charge in [0.1, 0.15) is 11.6 Å². The molecular formula is C24H18N4O2S. The van der Waals surface area contributed by atoms with Crippen molar-refractivity contribution < 1.29 is 4.79 Å². The molecule has 5 aromatic rings. The molecule has 3 aromatic carbocycles. The normalized spacial score (nSPS) is 11.1. The number of rotatable bonds is 4. The van der Waals surface area contributed by atoms with Crippen molar-refractivity contribution >= 4 is 44.1 Å². The fourth-order valence-corrected chi connectivity index (χ4v) is 4.49. The van der Waals surface area contributed by atoms with Crippen molar-refractivity contribution in [3.05, 3.63) is 89.0 Å². The average Bonchev–Trinajstić information content (AvgIpc) is 3.19. The fourth-order valence-electron chi connectivity index (χ4n) is 3.43. The summed E-state index contributed by atoms with van der Waals surface area (Å²) in [5.74, 6) is -0.289. The molecule has 0 saturated heterocycles. The van der Waals surface area contributed by atoms with Crippen molar-refractivity contribution in [3.63, 3.8) is 0 Å². The number of nitrogens with one attached hydrogen (secondary N) is 1. The molecule has 0 saturated carbocycles. The van der Waals surface area contributed by atoms with Gasteiger partial charge in [-0.25, -0.2) is 9.97 Å². The number of aryl methyl sites for hydroxylation is 1. The first-order chi connectivity index (χ1) is 15.1. The van der Waals surface area contributed by atoms with Crippen molar-refractivity contribution in [2.45, 2.75) is 13.5 Å². The molecule has 152 valence electrons. The Bertz CT molecular complexity index is 1490. The summed E-state index contributed by atoms with van der Waals surface area (Å²) >= 11 is 1.65. The highest BCUT2D eigenvalue weighted by molar-refractivity contribution is 7.21. The summed E-state index contributed by atoms with van der Waals surface area (Å²) in [6.45, 7) is 1.97. The van der Waals surface area contributed by atoms with Gasteiger partial charge in [0.25, 0.3) is 5.56 Å². The predicted molar refractivity (Wildman–Crippen MR) is 124 cm³/mol. The highest BCUT2D eigenvalue weighted by Crippen LogP contribution is 2.31. The first-order valence-electron chi connectivity index (χ1n) is 9.78. The van der Waals surface area contributed by atoms with Crippen LogP contribution < -0.4 is 10.9 Å². The number of thiazole rings is 1. The Balaban J connectivity index is 1.32. The molecule has 0 atom stereocenters. The van der Waals surface area contributed by atoms with Gasteiger partial charge in [-0.1, -0.05) is 18.2 Å². The number of nitrogens with zero attached hydrogens (tertiary/aromatic N) is 3. The Morgan fingerprint density at radius 3 is 2.68 bits per heavy atom. The molecule has 0 aliphatic heterocycles. The van der Waals surface area contributed by atoms with Crippen LogP contribution in [0.4, 0.5) is 5.69 Å². The van der Waals surface area contributed by atoms with E-state index in [1.54, 1.807) is 29.5 Å². The Morgan fingerprint density at radius 2 is 1.84 bits per heavy atom. The Labute approximate surface area is 181 Å². The van der Waals surface area contributed by atoms with Crippen LogP contribution in [-0.2, 0) is 11.3 Å². The number of benzene rings is 3.